The van der Waals surface area contributed by atoms with Crippen molar-refractivity contribution in [2.24, 2.45) is 5.84 Å². The second-order valence-corrected chi connectivity index (χ2v) is 6.47. The van der Waals surface area contributed by atoms with Crippen LogP contribution in [0.25, 0.3) is 0 Å². The number of hydrogen-bond donors (Lipinski definition) is 3. The van der Waals surface area contributed by atoms with E-state index in [-0.39, 0.29) is 16.1 Å². The standard InChI is InChI=1S/C15H15Cl2N7O/c1-15(2,9-3-4-20-12(7-18)21-9)13(23-14(25)24-19)8-5-10(16)22-11(17)6-8/h3-6,13H,19H2,1-2H3,(H2,23,24,25). The van der Waals surface area contributed by atoms with Crippen LogP contribution in [0, 0.1) is 11.3 Å². The van der Waals surface area contributed by atoms with E-state index < -0.39 is 17.5 Å². The van der Waals surface area contributed by atoms with E-state index in [2.05, 4.69) is 20.3 Å². The van der Waals surface area contributed by atoms with Crippen LogP contribution in [0.15, 0.2) is 24.4 Å². The van der Waals surface area contributed by atoms with Crippen LogP contribution >= 0.6 is 23.2 Å². The highest BCUT2D eigenvalue weighted by molar-refractivity contribution is 6.32. The summed E-state index contributed by atoms with van der Waals surface area (Å²) in [6.07, 6.45) is 1.48. The Hall–Kier alpha value is -2.47. The number of nitrogens with one attached hydrogen (secondary N) is 2. The summed E-state index contributed by atoms with van der Waals surface area (Å²) in [5, 5.41) is 12.1. The van der Waals surface area contributed by atoms with E-state index in [1.807, 2.05) is 25.3 Å². The van der Waals surface area contributed by atoms with Gasteiger partial charge in [-0.05, 0) is 23.8 Å². The summed E-state index contributed by atoms with van der Waals surface area (Å²) in [6.45, 7) is 3.69. The summed E-state index contributed by atoms with van der Waals surface area (Å²) < 4.78 is 0. The number of carbonyl (C=O) groups is 1. The predicted molar refractivity (Wildman–Crippen MR) is 92.6 cm³/mol. The Labute approximate surface area is 154 Å². The van der Waals surface area contributed by atoms with Gasteiger partial charge in [0.2, 0.25) is 5.82 Å². The number of halogens is 2. The zero-order valence-electron chi connectivity index (χ0n) is 13.4. The average molecular weight is 380 g/mol. The maximum atomic E-state index is 11.9. The van der Waals surface area contributed by atoms with Crippen molar-refractivity contribution in [3.8, 4) is 6.07 Å². The van der Waals surface area contributed by atoms with Crippen molar-refractivity contribution >= 4 is 29.2 Å². The SMILES string of the molecule is CC(C)(c1ccnc(C#N)n1)C(NC(=O)NN)c1cc(Cl)nc(Cl)c1. The Balaban J connectivity index is 2.56. The summed E-state index contributed by atoms with van der Waals surface area (Å²) in [7, 11) is 0. The van der Waals surface area contributed by atoms with Gasteiger partial charge in [0, 0.05) is 11.6 Å². The molecule has 0 bridgehead atoms. The lowest BCUT2D eigenvalue weighted by Crippen LogP contribution is -2.47. The van der Waals surface area contributed by atoms with E-state index >= 15 is 0 Å². The molecule has 1 unspecified atom stereocenters. The van der Waals surface area contributed by atoms with Gasteiger partial charge >= 0.3 is 6.03 Å². The van der Waals surface area contributed by atoms with Gasteiger partial charge in [0.15, 0.2) is 0 Å². The van der Waals surface area contributed by atoms with E-state index in [4.69, 9.17) is 34.3 Å². The molecule has 130 valence electrons. The molecule has 8 nitrogen and oxygen atoms in total. The first kappa shape index (κ1) is 18.9. The zero-order chi connectivity index (χ0) is 18.6. The third-order valence-corrected chi connectivity index (χ3v) is 4.05. The number of rotatable bonds is 4. The minimum absolute atomic E-state index is 0.0263. The highest BCUT2D eigenvalue weighted by Crippen LogP contribution is 2.37. The molecular weight excluding hydrogens is 365 g/mol. The van der Waals surface area contributed by atoms with Gasteiger partial charge in [-0.2, -0.15) is 5.26 Å². The van der Waals surface area contributed by atoms with Gasteiger partial charge in [-0.1, -0.05) is 37.0 Å². The first-order valence-corrected chi connectivity index (χ1v) is 7.87. The normalized spacial score (nSPS) is 12.2. The summed E-state index contributed by atoms with van der Waals surface area (Å²) in [5.41, 5.74) is 2.42. The molecular formula is C15H15Cl2N7O. The molecule has 2 amide bonds. The van der Waals surface area contributed by atoms with Crippen LogP contribution < -0.4 is 16.6 Å². The monoisotopic (exact) mass is 379 g/mol. The van der Waals surface area contributed by atoms with E-state index in [9.17, 15) is 4.79 Å². The van der Waals surface area contributed by atoms with Gasteiger partial charge in [0.25, 0.3) is 0 Å². The number of nitrogens with zero attached hydrogens (tertiary/aromatic N) is 4. The van der Waals surface area contributed by atoms with E-state index in [0.29, 0.717) is 11.3 Å². The summed E-state index contributed by atoms with van der Waals surface area (Å²) in [4.78, 5) is 23.9. The van der Waals surface area contributed by atoms with Gasteiger partial charge in [0.1, 0.15) is 16.4 Å². The first-order valence-electron chi connectivity index (χ1n) is 7.11. The van der Waals surface area contributed by atoms with Crippen molar-refractivity contribution in [1.82, 2.24) is 25.7 Å². The Bertz CT molecular complexity index is 815. The van der Waals surface area contributed by atoms with Crippen molar-refractivity contribution in [2.45, 2.75) is 25.3 Å². The molecule has 0 saturated heterocycles. The van der Waals surface area contributed by atoms with Crippen LogP contribution in [0.4, 0.5) is 4.79 Å². The zero-order valence-corrected chi connectivity index (χ0v) is 14.9. The number of pyridine rings is 1. The number of aromatic nitrogens is 3. The van der Waals surface area contributed by atoms with Gasteiger partial charge in [0.05, 0.1) is 11.7 Å². The fourth-order valence-electron chi connectivity index (χ4n) is 2.42. The molecule has 0 aliphatic carbocycles. The number of nitrogens with two attached hydrogens (primary N) is 1. The second-order valence-electron chi connectivity index (χ2n) is 5.70. The highest BCUT2D eigenvalue weighted by atomic mass is 35.5. The van der Waals surface area contributed by atoms with Crippen molar-refractivity contribution in [2.75, 3.05) is 0 Å². The van der Waals surface area contributed by atoms with Crippen molar-refractivity contribution in [3.63, 3.8) is 0 Å². The fourth-order valence-corrected chi connectivity index (χ4v) is 2.90. The van der Waals surface area contributed by atoms with Crippen molar-refractivity contribution < 1.29 is 4.79 Å². The molecule has 4 N–H and O–H groups in total. The molecule has 0 spiro atoms. The van der Waals surface area contributed by atoms with Crippen LogP contribution in [-0.2, 0) is 5.41 Å². The molecule has 0 aliphatic rings. The summed E-state index contributed by atoms with van der Waals surface area (Å²) >= 11 is 12.0. The molecule has 0 fully saturated rings. The predicted octanol–water partition coefficient (Wildman–Crippen LogP) is 2.24. The lowest BCUT2D eigenvalue weighted by atomic mass is 9.77. The van der Waals surface area contributed by atoms with Crippen molar-refractivity contribution in [3.05, 3.63) is 51.8 Å². The largest absolute Gasteiger partial charge is 0.329 e. The lowest BCUT2D eigenvalue weighted by Gasteiger charge is -2.34. The molecule has 2 rings (SSSR count). The molecule has 0 saturated carbocycles. The highest BCUT2D eigenvalue weighted by Gasteiger charge is 2.36. The van der Waals surface area contributed by atoms with Gasteiger partial charge < -0.3 is 5.32 Å². The van der Waals surface area contributed by atoms with Crippen LogP contribution in [0.1, 0.15) is 37.0 Å². The molecule has 2 heterocycles. The third kappa shape index (κ3) is 4.33. The second kappa shape index (κ2) is 7.61. The maximum absolute atomic E-state index is 11.9. The molecule has 0 radical (unpaired) electrons. The summed E-state index contributed by atoms with van der Waals surface area (Å²) in [5.74, 6) is 5.22. The van der Waals surface area contributed by atoms with E-state index in [1.165, 1.54) is 6.20 Å². The molecule has 1 atom stereocenters. The minimum Gasteiger partial charge on any atom is -0.329 e. The van der Waals surface area contributed by atoms with Crippen molar-refractivity contribution in [1.29, 1.82) is 5.26 Å². The maximum Gasteiger partial charge on any atom is 0.329 e. The fraction of sp³-hybridized carbons (Fsp3) is 0.267. The molecule has 0 aromatic carbocycles. The Morgan fingerprint density at radius 1 is 1.32 bits per heavy atom. The topological polar surface area (TPSA) is 130 Å². The van der Waals surface area contributed by atoms with Gasteiger partial charge in [-0.3, -0.25) is 5.43 Å². The molecule has 25 heavy (non-hydrogen) atoms. The smallest absolute Gasteiger partial charge is 0.329 e. The van der Waals surface area contributed by atoms with Gasteiger partial charge in [-0.25, -0.2) is 25.6 Å². The number of nitriles is 1. The summed E-state index contributed by atoms with van der Waals surface area (Å²) in [6, 6.07) is 5.52. The Morgan fingerprint density at radius 2 is 1.96 bits per heavy atom. The minimum atomic E-state index is -0.755. The molecule has 0 aliphatic heterocycles. The average Bonchev–Trinajstić information content (AvgIpc) is 2.58. The van der Waals surface area contributed by atoms with E-state index in [1.54, 1.807) is 18.2 Å². The number of amides is 2. The molecule has 2 aromatic rings. The number of carbonyl (C=O) groups excluding carboxylic acids is 1. The van der Waals surface area contributed by atoms with Crippen LogP contribution in [0.3, 0.4) is 0 Å². The Kier molecular flexibility index (Phi) is 5.74. The quantitative estimate of drug-likeness (QED) is 0.323. The molecule has 2 aromatic heterocycles. The number of hydrogen-bond acceptors (Lipinski definition) is 6. The number of urea groups is 1. The van der Waals surface area contributed by atoms with Crippen LogP contribution in [0.5, 0.6) is 0 Å². The van der Waals surface area contributed by atoms with Crippen LogP contribution in [0.2, 0.25) is 10.3 Å². The first-order chi connectivity index (χ1) is 11.8. The van der Waals surface area contributed by atoms with Crippen LogP contribution in [-0.4, -0.2) is 21.0 Å². The number of hydrazine groups is 1. The van der Waals surface area contributed by atoms with Gasteiger partial charge in [-0.15, -0.1) is 0 Å². The Morgan fingerprint density at radius 3 is 2.52 bits per heavy atom. The lowest BCUT2D eigenvalue weighted by molar-refractivity contribution is 0.229. The third-order valence-electron chi connectivity index (χ3n) is 3.66. The molecule has 10 heteroatoms. The van der Waals surface area contributed by atoms with E-state index in [0.717, 1.165) is 0 Å².